The summed E-state index contributed by atoms with van der Waals surface area (Å²) in [5, 5.41) is 0.706. The number of nitrogens with two attached hydrogens (primary N) is 1. The van der Waals surface area contributed by atoms with Crippen molar-refractivity contribution in [2.75, 3.05) is 38.4 Å². The molecule has 3 nitrogen and oxygen atoms in total. The van der Waals surface area contributed by atoms with Crippen LogP contribution >= 0.6 is 23.4 Å². The Kier molecular flexibility index (Phi) is 6.64. The van der Waals surface area contributed by atoms with Gasteiger partial charge in [-0.2, -0.15) is 0 Å². The molecule has 16 heavy (non-hydrogen) atoms. The lowest BCUT2D eigenvalue weighted by Crippen LogP contribution is -2.04. The van der Waals surface area contributed by atoms with E-state index in [-0.39, 0.29) is 0 Å². The summed E-state index contributed by atoms with van der Waals surface area (Å²) in [6, 6.07) is 5.48. The Bertz CT molecular complexity index is 323. The predicted molar refractivity (Wildman–Crippen MR) is 69.3 cm³/mol. The van der Waals surface area contributed by atoms with E-state index in [1.54, 1.807) is 24.9 Å². The second-order valence-corrected chi connectivity index (χ2v) is 4.71. The van der Waals surface area contributed by atoms with E-state index in [0.717, 1.165) is 16.3 Å². The highest BCUT2D eigenvalue weighted by Crippen LogP contribution is 2.27. The fraction of sp³-hybridized carbons (Fsp3) is 0.455. The number of methoxy groups -OCH3 is 1. The first-order chi connectivity index (χ1) is 7.74. The first-order valence-corrected chi connectivity index (χ1v) is 6.35. The lowest BCUT2D eigenvalue weighted by Gasteiger charge is -2.06. The smallest absolute Gasteiger partial charge is 0.0700 e. The molecule has 0 heterocycles. The summed E-state index contributed by atoms with van der Waals surface area (Å²) in [6.45, 7) is 1.94. The minimum atomic E-state index is 0.627. The Morgan fingerprint density at radius 3 is 2.88 bits per heavy atom. The zero-order valence-corrected chi connectivity index (χ0v) is 10.8. The molecule has 0 spiro atoms. The Morgan fingerprint density at radius 2 is 2.12 bits per heavy atom. The molecule has 0 saturated carbocycles. The minimum Gasteiger partial charge on any atom is -0.398 e. The molecule has 0 aromatic heterocycles. The van der Waals surface area contributed by atoms with Crippen LogP contribution in [-0.2, 0) is 9.47 Å². The molecule has 0 aliphatic heterocycles. The van der Waals surface area contributed by atoms with Gasteiger partial charge in [0.15, 0.2) is 0 Å². The second kappa shape index (κ2) is 7.79. The number of ether oxygens (including phenoxy) is 2. The number of anilines is 1. The fourth-order valence-electron chi connectivity index (χ4n) is 1.09. The van der Waals surface area contributed by atoms with Gasteiger partial charge in [-0.25, -0.2) is 0 Å². The second-order valence-electron chi connectivity index (χ2n) is 3.14. The number of rotatable bonds is 7. The molecule has 0 aliphatic carbocycles. The lowest BCUT2D eigenvalue weighted by atomic mass is 10.3. The summed E-state index contributed by atoms with van der Waals surface area (Å²) in [4.78, 5) is 1.00. The van der Waals surface area contributed by atoms with Gasteiger partial charge >= 0.3 is 0 Å². The van der Waals surface area contributed by atoms with Crippen molar-refractivity contribution in [2.45, 2.75) is 4.90 Å². The maximum absolute atomic E-state index is 5.88. The molecule has 0 saturated heterocycles. The van der Waals surface area contributed by atoms with Crippen LogP contribution in [0.15, 0.2) is 23.1 Å². The van der Waals surface area contributed by atoms with Crippen LogP contribution in [0, 0.1) is 0 Å². The van der Waals surface area contributed by atoms with Crippen LogP contribution in [0.3, 0.4) is 0 Å². The Balaban J connectivity index is 2.23. The summed E-state index contributed by atoms with van der Waals surface area (Å²) >= 11 is 7.53. The SMILES string of the molecule is COCCOCCSc1cc(Cl)ccc1N. The van der Waals surface area contributed by atoms with Crippen LogP contribution in [0.4, 0.5) is 5.69 Å². The first-order valence-electron chi connectivity index (χ1n) is 4.98. The molecule has 0 bridgehead atoms. The zero-order valence-electron chi connectivity index (χ0n) is 9.24. The maximum Gasteiger partial charge on any atom is 0.0700 e. The van der Waals surface area contributed by atoms with Crippen LogP contribution < -0.4 is 5.73 Å². The van der Waals surface area contributed by atoms with E-state index in [2.05, 4.69) is 0 Å². The number of thioether (sulfide) groups is 1. The van der Waals surface area contributed by atoms with Crippen LogP contribution in [0.1, 0.15) is 0 Å². The van der Waals surface area contributed by atoms with E-state index in [9.17, 15) is 0 Å². The highest BCUT2D eigenvalue weighted by Gasteiger charge is 2.00. The number of nitrogen functional groups attached to an aromatic ring is 1. The zero-order chi connectivity index (χ0) is 11.8. The van der Waals surface area contributed by atoms with E-state index in [0.29, 0.717) is 24.8 Å². The van der Waals surface area contributed by atoms with Crippen LogP contribution in [0.25, 0.3) is 0 Å². The van der Waals surface area contributed by atoms with Crippen molar-refractivity contribution in [3.05, 3.63) is 23.2 Å². The molecule has 0 unspecified atom stereocenters. The Hall–Kier alpha value is -0.420. The summed E-state index contributed by atoms with van der Waals surface area (Å²) in [6.07, 6.45) is 0. The van der Waals surface area contributed by atoms with E-state index in [4.69, 9.17) is 26.8 Å². The van der Waals surface area contributed by atoms with Gasteiger partial charge in [0.2, 0.25) is 0 Å². The first kappa shape index (κ1) is 13.6. The van der Waals surface area contributed by atoms with Crippen molar-refractivity contribution in [3.8, 4) is 0 Å². The topological polar surface area (TPSA) is 44.5 Å². The molecule has 1 aromatic carbocycles. The van der Waals surface area contributed by atoms with Gasteiger partial charge in [-0.3, -0.25) is 0 Å². The minimum absolute atomic E-state index is 0.627. The van der Waals surface area contributed by atoms with Gasteiger partial charge < -0.3 is 15.2 Å². The average molecular weight is 262 g/mol. The van der Waals surface area contributed by atoms with Crippen molar-refractivity contribution in [3.63, 3.8) is 0 Å². The van der Waals surface area contributed by atoms with Crippen molar-refractivity contribution in [1.29, 1.82) is 0 Å². The molecule has 1 rings (SSSR count). The number of hydrogen-bond acceptors (Lipinski definition) is 4. The largest absolute Gasteiger partial charge is 0.398 e. The van der Waals surface area contributed by atoms with Gasteiger partial charge in [-0.1, -0.05) is 11.6 Å². The van der Waals surface area contributed by atoms with E-state index >= 15 is 0 Å². The summed E-state index contributed by atoms with van der Waals surface area (Å²) in [5.74, 6) is 0.855. The van der Waals surface area contributed by atoms with Crippen LogP contribution in [0.5, 0.6) is 0 Å². The summed E-state index contributed by atoms with van der Waals surface area (Å²) < 4.78 is 10.2. The number of halogens is 1. The molecule has 0 atom stereocenters. The van der Waals surface area contributed by atoms with Crippen molar-refractivity contribution < 1.29 is 9.47 Å². The molecule has 5 heteroatoms. The molecule has 1 aromatic rings. The molecular formula is C11H16ClNO2S. The van der Waals surface area contributed by atoms with Crippen molar-refractivity contribution in [2.24, 2.45) is 0 Å². The van der Waals surface area contributed by atoms with Gasteiger partial charge in [0.25, 0.3) is 0 Å². The molecule has 90 valence electrons. The third-order valence-electron chi connectivity index (χ3n) is 1.89. The third kappa shape index (κ3) is 5.07. The number of hydrogen-bond donors (Lipinski definition) is 1. The van der Waals surface area contributed by atoms with E-state index in [1.165, 1.54) is 0 Å². The monoisotopic (exact) mass is 261 g/mol. The van der Waals surface area contributed by atoms with Crippen LogP contribution in [-0.4, -0.2) is 32.7 Å². The van der Waals surface area contributed by atoms with Gasteiger partial charge in [-0.15, -0.1) is 11.8 Å². The van der Waals surface area contributed by atoms with E-state index in [1.807, 2.05) is 12.1 Å². The highest BCUT2D eigenvalue weighted by atomic mass is 35.5. The third-order valence-corrected chi connectivity index (χ3v) is 3.16. The van der Waals surface area contributed by atoms with E-state index < -0.39 is 0 Å². The van der Waals surface area contributed by atoms with Gasteiger partial charge in [0.05, 0.1) is 19.8 Å². The summed E-state index contributed by atoms with van der Waals surface area (Å²) in [7, 11) is 1.66. The van der Waals surface area contributed by atoms with Crippen molar-refractivity contribution >= 4 is 29.1 Å². The predicted octanol–water partition coefficient (Wildman–Crippen LogP) is 2.68. The Morgan fingerprint density at radius 1 is 1.31 bits per heavy atom. The average Bonchev–Trinajstić information content (AvgIpc) is 2.28. The maximum atomic E-state index is 5.88. The molecule has 0 aliphatic rings. The molecule has 0 fully saturated rings. The molecule has 2 N–H and O–H groups in total. The van der Waals surface area contributed by atoms with Gasteiger partial charge in [0, 0.05) is 28.5 Å². The standard InChI is InChI=1S/C11H16ClNO2S/c1-14-4-5-15-6-7-16-11-8-9(12)2-3-10(11)13/h2-3,8H,4-7,13H2,1H3. The quantitative estimate of drug-likeness (QED) is 0.466. The highest BCUT2D eigenvalue weighted by molar-refractivity contribution is 7.99. The van der Waals surface area contributed by atoms with Crippen molar-refractivity contribution in [1.82, 2.24) is 0 Å². The Labute approximate surface area is 105 Å². The molecular weight excluding hydrogens is 246 g/mol. The van der Waals surface area contributed by atoms with Gasteiger partial charge in [-0.05, 0) is 18.2 Å². The normalized spacial score (nSPS) is 10.6. The number of benzene rings is 1. The van der Waals surface area contributed by atoms with Gasteiger partial charge in [0.1, 0.15) is 0 Å². The molecule has 0 radical (unpaired) electrons. The molecule has 0 amide bonds. The lowest BCUT2D eigenvalue weighted by molar-refractivity contribution is 0.0790. The fourth-order valence-corrected chi connectivity index (χ4v) is 2.19. The van der Waals surface area contributed by atoms with Crippen LogP contribution in [0.2, 0.25) is 5.02 Å². The summed E-state index contributed by atoms with van der Waals surface area (Å²) in [5.41, 5.74) is 6.57.